The third-order valence-corrected chi connectivity index (χ3v) is 4.14. The Labute approximate surface area is 116 Å². The smallest absolute Gasteiger partial charge is 0.151 e. The number of thioether (sulfide) groups is 1. The Hall–Kier alpha value is -1.25. The monoisotopic (exact) mass is 276 g/mol. The minimum atomic E-state index is 0.743. The zero-order valence-electron chi connectivity index (χ0n) is 10.0. The number of hydrogen-bond acceptors (Lipinski definition) is 2. The van der Waals surface area contributed by atoms with Crippen molar-refractivity contribution in [1.82, 2.24) is 0 Å². The number of hydrogen-bond donors (Lipinski definition) is 0. The van der Waals surface area contributed by atoms with E-state index in [2.05, 4.69) is 0 Å². The van der Waals surface area contributed by atoms with Gasteiger partial charge in [0, 0.05) is 21.2 Å². The predicted octanol–water partition coefficient (Wildman–Crippen LogP) is 4.75. The number of benzene rings is 2. The van der Waals surface area contributed by atoms with Crippen LogP contribution in [-0.4, -0.2) is 6.29 Å². The van der Waals surface area contributed by atoms with Crippen molar-refractivity contribution in [3.05, 3.63) is 64.2 Å². The van der Waals surface area contributed by atoms with Gasteiger partial charge in [0.15, 0.2) is 6.29 Å². The maximum atomic E-state index is 11.0. The molecule has 0 heterocycles. The van der Waals surface area contributed by atoms with Crippen LogP contribution in [-0.2, 0) is 5.75 Å². The highest BCUT2D eigenvalue weighted by atomic mass is 35.5. The average molecular weight is 277 g/mol. The fraction of sp³-hybridized carbons (Fsp3) is 0.133. The molecule has 0 radical (unpaired) electrons. The predicted molar refractivity (Wildman–Crippen MR) is 77.6 cm³/mol. The van der Waals surface area contributed by atoms with Crippen LogP contribution in [0.5, 0.6) is 0 Å². The summed E-state index contributed by atoms with van der Waals surface area (Å²) < 4.78 is 0. The van der Waals surface area contributed by atoms with Crippen LogP contribution in [0.4, 0.5) is 0 Å². The third kappa shape index (κ3) is 3.15. The van der Waals surface area contributed by atoms with Crippen molar-refractivity contribution in [3.8, 4) is 0 Å². The van der Waals surface area contributed by atoms with Crippen molar-refractivity contribution in [2.24, 2.45) is 0 Å². The molecule has 92 valence electrons. The number of aryl methyl sites for hydroxylation is 1. The summed E-state index contributed by atoms with van der Waals surface area (Å²) in [4.78, 5) is 12.0. The molecule has 0 aliphatic heterocycles. The zero-order valence-corrected chi connectivity index (χ0v) is 11.6. The first-order chi connectivity index (χ1) is 8.70. The Morgan fingerprint density at radius 2 is 2.00 bits per heavy atom. The molecule has 0 aliphatic rings. The van der Waals surface area contributed by atoms with Gasteiger partial charge in [-0.25, -0.2) is 0 Å². The summed E-state index contributed by atoms with van der Waals surface area (Å²) in [6.45, 7) is 1.98. The van der Waals surface area contributed by atoms with Gasteiger partial charge in [-0.15, -0.1) is 11.8 Å². The van der Waals surface area contributed by atoms with Crippen LogP contribution >= 0.6 is 23.4 Å². The summed E-state index contributed by atoms with van der Waals surface area (Å²) in [5.41, 5.74) is 2.92. The van der Waals surface area contributed by atoms with Gasteiger partial charge < -0.3 is 0 Å². The van der Waals surface area contributed by atoms with E-state index < -0.39 is 0 Å². The second-order valence-electron chi connectivity index (χ2n) is 4.04. The molecule has 0 bridgehead atoms. The van der Waals surface area contributed by atoms with Crippen molar-refractivity contribution in [3.63, 3.8) is 0 Å². The first kappa shape index (κ1) is 13.2. The third-order valence-electron chi connectivity index (χ3n) is 2.63. The Morgan fingerprint density at radius 3 is 2.72 bits per heavy atom. The van der Waals surface area contributed by atoms with E-state index in [9.17, 15) is 4.79 Å². The largest absolute Gasteiger partial charge is 0.298 e. The number of carbonyl (C=O) groups excluding carboxylic acids is 1. The Kier molecular flexibility index (Phi) is 4.45. The van der Waals surface area contributed by atoms with Crippen LogP contribution in [0.2, 0.25) is 5.02 Å². The molecular weight excluding hydrogens is 264 g/mol. The van der Waals surface area contributed by atoms with E-state index >= 15 is 0 Å². The van der Waals surface area contributed by atoms with Crippen LogP contribution < -0.4 is 0 Å². The highest BCUT2D eigenvalue weighted by Gasteiger charge is 2.05. The van der Waals surface area contributed by atoms with Gasteiger partial charge in [0.2, 0.25) is 0 Å². The molecule has 0 fully saturated rings. The van der Waals surface area contributed by atoms with Gasteiger partial charge in [-0.05, 0) is 30.7 Å². The highest BCUT2D eigenvalue weighted by Crippen LogP contribution is 2.28. The van der Waals surface area contributed by atoms with E-state index in [0.29, 0.717) is 0 Å². The first-order valence-electron chi connectivity index (χ1n) is 5.63. The second kappa shape index (κ2) is 6.07. The quantitative estimate of drug-likeness (QED) is 0.592. The molecule has 0 unspecified atom stereocenters. The molecule has 0 amide bonds. The molecule has 18 heavy (non-hydrogen) atoms. The number of halogens is 1. The van der Waals surface area contributed by atoms with E-state index in [-0.39, 0.29) is 0 Å². The summed E-state index contributed by atoms with van der Waals surface area (Å²) in [6.07, 6.45) is 0.905. The van der Waals surface area contributed by atoms with E-state index in [0.717, 1.165) is 38.6 Å². The van der Waals surface area contributed by atoms with E-state index in [1.165, 1.54) is 0 Å². The van der Waals surface area contributed by atoms with Crippen LogP contribution in [0.25, 0.3) is 0 Å². The Bertz CT molecular complexity index is 566. The van der Waals surface area contributed by atoms with Gasteiger partial charge in [-0.3, -0.25) is 4.79 Å². The molecule has 0 atom stereocenters. The standard InChI is InChI=1S/C15H13ClOS/c1-11-6-7-15(13(8-11)9-17)18-10-12-4-2-3-5-14(12)16/h2-9H,10H2,1H3. The summed E-state index contributed by atoms with van der Waals surface area (Å²) in [6, 6.07) is 13.7. The lowest BCUT2D eigenvalue weighted by Gasteiger charge is -2.07. The molecule has 1 nitrogen and oxygen atoms in total. The lowest BCUT2D eigenvalue weighted by Crippen LogP contribution is -1.88. The molecule has 0 saturated carbocycles. The van der Waals surface area contributed by atoms with Crippen LogP contribution in [0, 0.1) is 6.92 Å². The first-order valence-corrected chi connectivity index (χ1v) is 6.99. The number of carbonyl (C=O) groups is 1. The summed E-state index contributed by atoms with van der Waals surface area (Å²) in [7, 11) is 0. The fourth-order valence-electron chi connectivity index (χ4n) is 1.66. The normalized spacial score (nSPS) is 10.3. The molecule has 2 aromatic carbocycles. The molecule has 2 aromatic rings. The van der Waals surface area contributed by atoms with Crippen LogP contribution in [0.3, 0.4) is 0 Å². The van der Waals surface area contributed by atoms with Gasteiger partial charge >= 0.3 is 0 Å². The molecule has 0 N–H and O–H groups in total. The van der Waals surface area contributed by atoms with Crippen LogP contribution in [0.1, 0.15) is 21.5 Å². The lowest BCUT2D eigenvalue weighted by atomic mass is 10.2. The minimum absolute atomic E-state index is 0.743. The van der Waals surface area contributed by atoms with Crippen molar-refractivity contribution in [1.29, 1.82) is 0 Å². The van der Waals surface area contributed by atoms with Crippen LogP contribution in [0.15, 0.2) is 47.4 Å². The zero-order chi connectivity index (χ0) is 13.0. The molecule has 0 aliphatic carbocycles. The summed E-state index contributed by atoms with van der Waals surface area (Å²) in [5.74, 6) is 0.767. The van der Waals surface area contributed by atoms with Crippen molar-refractivity contribution in [2.45, 2.75) is 17.6 Å². The number of aldehydes is 1. The lowest BCUT2D eigenvalue weighted by molar-refractivity contribution is 0.112. The summed E-state index contributed by atoms with van der Waals surface area (Å²) >= 11 is 7.74. The van der Waals surface area contributed by atoms with E-state index in [4.69, 9.17) is 11.6 Å². The van der Waals surface area contributed by atoms with Gasteiger partial charge in [0.05, 0.1) is 0 Å². The maximum Gasteiger partial charge on any atom is 0.151 e. The molecule has 0 spiro atoms. The van der Waals surface area contributed by atoms with Crippen molar-refractivity contribution in [2.75, 3.05) is 0 Å². The summed E-state index contributed by atoms with van der Waals surface area (Å²) in [5, 5.41) is 0.768. The molecule has 0 saturated heterocycles. The highest BCUT2D eigenvalue weighted by molar-refractivity contribution is 7.98. The molecule has 3 heteroatoms. The number of rotatable bonds is 4. The average Bonchev–Trinajstić information content (AvgIpc) is 2.39. The van der Waals surface area contributed by atoms with Gasteiger partial charge in [0.1, 0.15) is 0 Å². The van der Waals surface area contributed by atoms with Gasteiger partial charge in [-0.1, -0.05) is 41.4 Å². The molecular formula is C15H13ClOS. The maximum absolute atomic E-state index is 11.0. The molecule has 0 aromatic heterocycles. The van der Waals surface area contributed by atoms with E-state index in [1.54, 1.807) is 11.8 Å². The van der Waals surface area contributed by atoms with E-state index in [1.807, 2.05) is 49.4 Å². The van der Waals surface area contributed by atoms with Crippen molar-refractivity contribution >= 4 is 29.6 Å². The Morgan fingerprint density at radius 1 is 1.22 bits per heavy atom. The van der Waals surface area contributed by atoms with Gasteiger partial charge in [0.25, 0.3) is 0 Å². The fourth-order valence-corrected chi connectivity index (χ4v) is 2.94. The Balaban J connectivity index is 2.16. The second-order valence-corrected chi connectivity index (χ2v) is 5.46. The minimum Gasteiger partial charge on any atom is -0.298 e. The molecule has 2 rings (SSSR count). The van der Waals surface area contributed by atoms with Gasteiger partial charge in [-0.2, -0.15) is 0 Å². The topological polar surface area (TPSA) is 17.1 Å². The van der Waals surface area contributed by atoms with Crippen molar-refractivity contribution < 1.29 is 4.79 Å². The SMILES string of the molecule is Cc1ccc(SCc2ccccc2Cl)c(C=O)c1.